The molecular weight excluding hydrogens is 681 g/mol. The average Bonchev–Trinajstić information content (AvgIpc) is 3.29. The van der Waals surface area contributed by atoms with Gasteiger partial charge < -0.3 is 0 Å². The zero-order chi connectivity index (χ0) is 37.0. The molecule has 0 N–H and O–H groups in total. The van der Waals surface area contributed by atoms with Gasteiger partial charge in [0.15, 0.2) is 11.6 Å². The Kier molecular flexibility index (Phi) is 7.73. The zero-order valence-corrected chi connectivity index (χ0v) is 30.6. The van der Waals surface area contributed by atoms with Crippen LogP contribution in [0.5, 0.6) is 0 Å². The first-order valence-electron chi connectivity index (χ1n) is 19.4. The Morgan fingerprint density at radius 1 is 0.375 bits per heavy atom. The number of nitrogens with zero attached hydrogens (tertiary/aromatic N) is 4. The Morgan fingerprint density at radius 3 is 1.61 bits per heavy atom. The fraction of sp³-hybridized carbons (Fsp3) is 0.0769. The van der Waals surface area contributed by atoms with Crippen molar-refractivity contribution >= 4 is 5.57 Å². The molecule has 4 aliphatic carbocycles. The van der Waals surface area contributed by atoms with E-state index in [9.17, 15) is 0 Å². The van der Waals surface area contributed by atoms with Gasteiger partial charge in [0.25, 0.3) is 0 Å². The van der Waals surface area contributed by atoms with Crippen molar-refractivity contribution in [3.05, 3.63) is 233 Å². The van der Waals surface area contributed by atoms with Crippen molar-refractivity contribution in [2.24, 2.45) is 0 Å². The van der Waals surface area contributed by atoms with E-state index >= 15 is 0 Å². The summed E-state index contributed by atoms with van der Waals surface area (Å²) in [5.74, 6) is 2.62. The largest absolute Gasteiger partial charge is 0.248 e. The maximum absolute atomic E-state index is 5.24. The second kappa shape index (κ2) is 13.4. The smallest absolute Gasteiger partial charge is 0.163 e. The number of benzene rings is 6. The maximum Gasteiger partial charge on any atom is 0.163 e. The minimum Gasteiger partial charge on any atom is -0.248 e. The minimum absolute atomic E-state index is 0.00488. The summed E-state index contributed by atoms with van der Waals surface area (Å²) in [5.41, 5.74) is 17.0. The third-order valence-electron chi connectivity index (χ3n) is 11.6. The van der Waals surface area contributed by atoms with Crippen LogP contribution in [0.2, 0.25) is 0 Å². The first-order chi connectivity index (χ1) is 27.7. The average molecular weight is 717 g/mol. The topological polar surface area (TPSA) is 51.6 Å². The van der Waals surface area contributed by atoms with Crippen molar-refractivity contribution in [3.63, 3.8) is 0 Å². The number of hydrogen-bond acceptors (Lipinski definition) is 4. The van der Waals surface area contributed by atoms with Crippen molar-refractivity contribution in [2.75, 3.05) is 0 Å². The van der Waals surface area contributed by atoms with Gasteiger partial charge in [0.2, 0.25) is 0 Å². The number of allylic oxidation sites excluding steroid dienone is 4. The van der Waals surface area contributed by atoms with Crippen molar-refractivity contribution in [2.45, 2.75) is 24.2 Å². The van der Waals surface area contributed by atoms with E-state index in [-0.39, 0.29) is 17.8 Å². The van der Waals surface area contributed by atoms with Crippen molar-refractivity contribution in [1.29, 1.82) is 0 Å². The molecule has 4 heteroatoms. The highest BCUT2D eigenvalue weighted by atomic mass is 15.0. The zero-order valence-electron chi connectivity index (χ0n) is 30.6. The molecule has 0 fully saturated rings. The summed E-state index contributed by atoms with van der Waals surface area (Å²) in [5, 5.41) is 0. The summed E-state index contributed by atoms with van der Waals surface area (Å²) in [6.07, 6.45) is 7.45. The lowest BCUT2D eigenvalue weighted by Gasteiger charge is -2.42. The van der Waals surface area contributed by atoms with Crippen LogP contribution >= 0.6 is 0 Å². The molecule has 56 heavy (non-hydrogen) atoms. The Balaban J connectivity index is 0.900. The van der Waals surface area contributed by atoms with Crippen LogP contribution in [0.4, 0.5) is 0 Å². The number of hydrogen-bond donors (Lipinski definition) is 0. The molecule has 2 bridgehead atoms. The first kappa shape index (κ1) is 32.4. The lowest BCUT2D eigenvalue weighted by Crippen LogP contribution is -2.27. The summed E-state index contributed by atoms with van der Waals surface area (Å²) in [6, 6.07) is 60.4. The van der Waals surface area contributed by atoms with Gasteiger partial charge in [0, 0.05) is 34.4 Å². The number of aromatic nitrogens is 4. The summed E-state index contributed by atoms with van der Waals surface area (Å²) < 4.78 is 0. The Labute approximate surface area is 326 Å². The SMILES string of the molecule is C1=CC(c2nc(-c3ccccc3)nc(-c3cccc(-c4ccccc4)c3)n2)CC=C1c1cccc(-c2ccc3c(c2)C2c4ccccc4C3c3ccccc32)n1. The van der Waals surface area contributed by atoms with E-state index in [1.807, 2.05) is 24.3 Å². The molecule has 0 aliphatic heterocycles. The monoisotopic (exact) mass is 716 g/mol. The van der Waals surface area contributed by atoms with Crippen molar-refractivity contribution in [1.82, 2.24) is 19.9 Å². The molecule has 12 rings (SSSR count). The van der Waals surface area contributed by atoms with E-state index in [0.717, 1.165) is 57.0 Å². The lowest BCUT2D eigenvalue weighted by molar-refractivity contribution is 0.754. The molecule has 2 aromatic heterocycles. The van der Waals surface area contributed by atoms with Crippen LogP contribution in [0, 0.1) is 0 Å². The molecule has 1 atom stereocenters. The second-order valence-corrected chi connectivity index (χ2v) is 14.9. The standard InChI is InChI=1S/C52H36N4/c1-3-13-33(14-4-1)37-17-11-18-39(31-37)52-55-50(35-15-5-2-6-16-35)54-51(56-52)36-27-25-34(26-28-36)46-23-12-24-47(53-46)38-29-30-44-45(32-38)49-42-21-9-7-19-40(42)48(44)41-20-8-10-22-43(41)49/h1-27,29-32,36,48-49H,28H2. The molecule has 6 aromatic carbocycles. The number of pyridine rings is 1. The van der Waals surface area contributed by atoms with E-state index in [2.05, 4.69) is 164 Å². The first-order valence-corrected chi connectivity index (χ1v) is 19.4. The van der Waals surface area contributed by atoms with Crippen molar-refractivity contribution in [3.8, 4) is 45.2 Å². The maximum atomic E-state index is 5.24. The summed E-state index contributed by atoms with van der Waals surface area (Å²) in [7, 11) is 0. The molecule has 0 saturated heterocycles. The Bertz CT molecular complexity index is 2810. The molecule has 1 unspecified atom stereocenters. The molecule has 0 amide bonds. The van der Waals surface area contributed by atoms with Gasteiger partial charge in [-0.3, -0.25) is 0 Å². The van der Waals surface area contributed by atoms with Crippen LogP contribution in [0.25, 0.3) is 50.7 Å². The van der Waals surface area contributed by atoms with Gasteiger partial charge in [0.1, 0.15) is 5.82 Å². The predicted octanol–water partition coefficient (Wildman–Crippen LogP) is 12.0. The van der Waals surface area contributed by atoms with Gasteiger partial charge in [-0.1, -0.05) is 164 Å². The molecular formula is C52H36N4. The Morgan fingerprint density at radius 2 is 0.929 bits per heavy atom. The van der Waals surface area contributed by atoms with Gasteiger partial charge in [0.05, 0.1) is 11.4 Å². The van der Waals surface area contributed by atoms with Crippen LogP contribution in [0.3, 0.4) is 0 Å². The van der Waals surface area contributed by atoms with E-state index < -0.39 is 0 Å². The fourth-order valence-electron chi connectivity index (χ4n) is 8.96. The second-order valence-electron chi connectivity index (χ2n) is 14.9. The summed E-state index contributed by atoms with van der Waals surface area (Å²) in [6.45, 7) is 0. The predicted molar refractivity (Wildman–Crippen MR) is 225 cm³/mol. The highest BCUT2D eigenvalue weighted by Crippen LogP contribution is 2.56. The lowest BCUT2D eigenvalue weighted by atomic mass is 9.61. The van der Waals surface area contributed by atoms with Gasteiger partial charge in [-0.05, 0) is 80.8 Å². The van der Waals surface area contributed by atoms with Crippen LogP contribution in [-0.4, -0.2) is 19.9 Å². The van der Waals surface area contributed by atoms with Crippen LogP contribution in [0.15, 0.2) is 188 Å². The molecule has 0 radical (unpaired) electrons. The quantitative estimate of drug-likeness (QED) is 0.172. The van der Waals surface area contributed by atoms with Gasteiger partial charge in [-0.25, -0.2) is 19.9 Å². The third-order valence-corrected chi connectivity index (χ3v) is 11.6. The van der Waals surface area contributed by atoms with Crippen LogP contribution in [-0.2, 0) is 0 Å². The van der Waals surface area contributed by atoms with E-state index in [1.165, 1.54) is 33.4 Å². The van der Waals surface area contributed by atoms with E-state index in [0.29, 0.717) is 11.6 Å². The molecule has 8 aromatic rings. The van der Waals surface area contributed by atoms with Gasteiger partial charge in [-0.15, -0.1) is 0 Å². The van der Waals surface area contributed by atoms with Crippen LogP contribution < -0.4 is 0 Å². The molecule has 0 saturated carbocycles. The fourth-order valence-corrected chi connectivity index (χ4v) is 8.96. The molecule has 4 nitrogen and oxygen atoms in total. The highest BCUT2D eigenvalue weighted by Gasteiger charge is 2.41. The highest BCUT2D eigenvalue weighted by molar-refractivity contribution is 5.77. The van der Waals surface area contributed by atoms with E-state index in [4.69, 9.17) is 19.9 Å². The van der Waals surface area contributed by atoms with Gasteiger partial charge in [-0.2, -0.15) is 0 Å². The minimum atomic E-state index is 0.00488. The molecule has 264 valence electrons. The third kappa shape index (κ3) is 5.53. The van der Waals surface area contributed by atoms with Gasteiger partial charge >= 0.3 is 0 Å². The molecule has 2 heterocycles. The normalized spacial score (nSPS) is 17.4. The molecule has 4 aliphatic rings. The number of rotatable bonds is 6. The Hall–Kier alpha value is -7.04. The summed E-state index contributed by atoms with van der Waals surface area (Å²) in [4.78, 5) is 20.4. The molecule has 0 spiro atoms. The van der Waals surface area contributed by atoms with Crippen molar-refractivity contribution < 1.29 is 0 Å². The van der Waals surface area contributed by atoms with E-state index in [1.54, 1.807) is 0 Å². The van der Waals surface area contributed by atoms with Crippen LogP contribution in [0.1, 0.15) is 69.1 Å². The summed E-state index contributed by atoms with van der Waals surface area (Å²) >= 11 is 0.